The minimum absolute atomic E-state index is 0.0347. The van der Waals surface area contributed by atoms with Crippen molar-refractivity contribution in [3.05, 3.63) is 64.1 Å². The van der Waals surface area contributed by atoms with Gasteiger partial charge in [0.2, 0.25) is 21.8 Å². The molecule has 7 nitrogen and oxygen atoms in total. The van der Waals surface area contributed by atoms with Gasteiger partial charge in [0.1, 0.15) is 6.04 Å². The van der Waals surface area contributed by atoms with Gasteiger partial charge in [0.05, 0.1) is 11.4 Å². The van der Waals surface area contributed by atoms with E-state index < -0.39 is 28.5 Å². The molecule has 190 valence electrons. The molecule has 1 N–H and O–H groups in total. The van der Waals surface area contributed by atoms with Gasteiger partial charge in [-0.25, -0.2) is 8.42 Å². The SMILES string of the molecule is CCC(C(=O)NC1CCCC1)N(Cc1ccc(Cl)cc1)C(=O)CN(C)S(=O)(=O)c1ccc(Cl)cc1. The summed E-state index contributed by atoms with van der Waals surface area (Å²) in [5.74, 6) is -0.682. The van der Waals surface area contributed by atoms with Gasteiger partial charge in [0, 0.05) is 29.7 Å². The molecule has 1 unspecified atom stereocenters. The standard InChI is InChI=1S/C25H31Cl2N3O4S/c1-3-23(25(32)28-21-6-4-5-7-21)30(16-18-8-10-19(26)11-9-18)24(31)17-29(2)35(33,34)22-14-12-20(27)13-15-22/h8-15,21,23H,3-7,16-17H2,1-2H3,(H,28,32). The molecule has 1 fully saturated rings. The van der Waals surface area contributed by atoms with E-state index >= 15 is 0 Å². The zero-order valence-electron chi connectivity index (χ0n) is 19.9. The predicted octanol–water partition coefficient (Wildman–Crippen LogP) is 4.48. The average Bonchev–Trinajstić information content (AvgIpc) is 3.33. The molecule has 0 aromatic heterocycles. The van der Waals surface area contributed by atoms with Gasteiger partial charge in [-0.3, -0.25) is 9.59 Å². The third kappa shape index (κ3) is 7.19. The quantitative estimate of drug-likeness (QED) is 0.482. The van der Waals surface area contributed by atoms with Crippen LogP contribution >= 0.6 is 23.2 Å². The lowest BCUT2D eigenvalue weighted by Gasteiger charge is -2.32. The van der Waals surface area contributed by atoms with E-state index in [0.29, 0.717) is 16.5 Å². The zero-order chi connectivity index (χ0) is 25.6. The maximum atomic E-state index is 13.5. The third-order valence-electron chi connectivity index (χ3n) is 6.23. The maximum absolute atomic E-state index is 13.5. The summed E-state index contributed by atoms with van der Waals surface area (Å²) in [5, 5.41) is 4.05. The Labute approximate surface area is 217 Å². The molecule has 2 aromatic rings. The van der Waals surface area contributed by atoms with E-state index in [-0.39, 0.29) is 23.4 Å². The summed E-state index contributed by atoms with van der Waals surface area (Å²) in [6, 6.07) is 12.2. The topological polar surface area (TPSA) is 86.8 Å². The van der Waals surface area contributed by atoms with Crippen molar-refractivity contribution in [2.75, 3.05) is 13.6 Å². The van der Waals surface area contributed by atoms with Crippen molar-refractivity contribution in [2.24, 2.45) is 0 Å². The number of hydrogen-bond acceptors (Lipinski definition) is 4. The highest BCUT2D eigenvalue weighted by Gasteiger charge is 2.33. The van der Waals surface area contributed by atoms with Gasteiger partial charge in [0.25, 0.3) is 0 Å². The van der Waals surface area contributed by atoms with Crippen molar-refractivity contribution in [1.82, 2.24) is 14.5 Å². The van der Waals surface area contributed by atoms with Crippen LogP contribution < -0.4 is 5.32 Å². The summed E-state index contributed by atoms with van der Waals surface area (Å²) in [4.78, 5) is 28.2. The van der Waals surface area contributed by atoms with Crippen LogP contribution in [-0.2, 0) is 26.2 Å². The van der Waals surface area contributed by atoms with Gasteiger partial charge in [-0.05, 0) is 61.2 Å². The molecule has 35 heavy (non-hydrogen) atoms. The first kappa shape index (κ1) is 27.5. The Balaban J connectivity index is 1.83. The van der Waals surface area contributed by atoms with Crippen LogP contribution in [0.3, 0.4) is 0 Å². The number of nitrogens with one attached hydrogen (secondary N) is 1. The van der Waals surface area contributed by atoms with Gasteiger partial charge >= 0.3 is 0 Å². The van der Waals surface area contributed by atoms with Crippen LogP contribution in [0.4, 0.5) is 0 Å². The molecular weight excluding hydrogens is 509 g/mol. The largest absolute Gasteiger partial charge is 0.352 e. The summed E-state index contributed by atoms with van der Waals surface area (Å²) in [5.41, 5.74) is 0.790. The Bertz CT molecular complexity index is 1120. The van der Waals surface area contributed by atoms with Crippen molar-refractivity contribution in [1.29, 1.82) is 0 Å². The fraction of sp³-hybridized carbons (Fsp3) is 0.440. The van der Waals surface area contributed by atoms with Crippen LogP contribution in [-0.4, -0.2) is 55.1 Å². The lowest BCUT2D eigenvalue weighted by molar-refractivity contribution is -0.141. The van der Waals surface area contributed by atoms with Gasteiger partial charge in [0.15, 0.2) is 0 Å². The first-order valence-corrected chi connectivity index (χ1v) is 13.9. The number of hydrogen-bond donors (Lipinski definition) is 1. The van der Waals surface area contributed by atoms with Crippen molar-refractivity contribution in [3.8, 4) is 0 Å². The van der Waals surface area contributed by atoms with Crippen molar-refractivity contribution < 1.29 is 18.0 Å². The molecule has 0 aliphatic heterocycles. The van der Waals surface area contributed by atoms with Crippen molar-refractivity contribution in [2.45, 2.75) is 62.6 Å². The van der Waals surface area contributed by atoms with Crippen LogP contribution in [0.25, 0.3) is 0 Å². The highest BCUT2D eigenvalue weighted by molar-refractivity contribution is 7.89. The minimum atomic E-state index is -3.92. The first-order valence-electron chi connectivity index (χ1n) is 11.7. The molecular formula is C25H31Cl2N3O4S. The molecule has 10 heteroatoms. The van der Waals surface area contributed by atoms with Gasteiger partial charge in [-0.2, -0.15) is 4.31 Å². The zero-order valence-corrected chi connectivity index (χ0v) is 22.2. The molecule has 2 amide bonds. The lowest BCUT2D eigenvalue weighted by atomic mass is 10.1. The molecule has 1 atom stereocenters. The summed E-state index contributed by atoms with van der Waals surface area (Å²) in [7, 11) is -2.58. The Morgan fingerprint density at radius 3 is 2.09 bits per heavy atom. The van der Waals surface area contributed by atoms with E-state index in [1.165, 1.54) is 36.2 Å². The molecule has 2 aromatic carbocycles. The van der Waals surface area contributed by atoms with E-state index in [2.05, 4.69) is 5.32 Å². The monoisotopic (exact) mass is 539 g/mol. The van der Waals surface area contributed by atoms with Crippen LogP contribution in [0.15, 0.2) is 53.4 Å². The molecule has 1 aliphatic rings. The number of nitrogens with zero attached hydrogens (tertiary/aromatic N) is 2. The molecule has 0 saturated heterocycles. The number of benzene rings is 2. The number of amides is 2. The molecule has 0 bridgehead atoms. The molecule has 0 spiro atoms. The molecule has 0 radical (unpaired) electrons. The summed E-state index contributed by atoms with van der Waals surface area (Å²) < 4.78 is 27.0. The van der Waals surface area contributed by atoms with E-state index in [9.17, 15) is 18.0 Å². The Morgan fingerprint density at radius 1 is 1.00 bits per heavy atom. The Hall–Kier alpha value is -2.13. The van der Waals surface area contributed by atoms with E-state index in [4.69, 9.17) is 23.2 Å². The fourth-order valence-electron chi connectivity index (χ4n) is 4.23. The van der Waals surface area contributed by atoms with E-state index in [1.54, 1.807) is 24.3 Å². The third-order valence-corrected chi connectivity index (χ3v) is 8.55. The maximum Gasteiger partial charge on any atom is 0.243 e. The number of carbonyl (C=O) groups excluding carboxylic acids is 2. The number of halogens is 2. The van der Waals surface area contributed by atoms with Crippen molar-refractivity contribution in [3.63, 3.8) is 0 Å². The summed E-state index contributed by atoms with van der Waals surface area (Å²) in [6.45, 7) is 1.59. The lowest BCUT2D eigenvalue weighted by Crippen LogP contribution is -2.53. The van der Waals surface area contributed by atoms with E-state index in [1.807, 2.05) is 6.92 Å². The summed E-state index contributed by atoms with van der Waals surface area (Å²) >= 11 is 11.9. The van der Waals surface area contributed by atoms with E-state index in [0.717, 1.165) is 35.6 Å². The minimum Gasteiger partial charge on any atom is -0.352 e. The summed E-state index contributed by atoms with van der Waals surface area (Å²) in [6.07, 6.45) is 4.39. The number of sulfonamides is 1. The molecule has 1 aliphatic carbocycles. The second kappa shape index (κ2) is 12.2. The smallest absolute Gasteiger partial charge is 0.243 e. The van der Waals surface area contributed by atoms with Gasteiger partial charge in [-0.15, -0.1) is 0 Å². The van der Waals surface area contributed by atoms with Gasteiger partial charge < -0.3 is 10.2 Å². The van der Waals surface area contributed by atoms with Crippen LogP contribution in [0.1, 0.15) is 44.6 Å². The predicted molar refractivity (Wildman–Crippen MR) is 138 cm³/mol. The highest BCUT2D eigenvalue weighted by Crippen LogP contribution is 2.21. The number of rotatable bonds is 10. The van der Waals surface area contributed by atoms with Crippen LogP contribution in [0, 0.1) is 0 Å². The van der Waals surface area contributed by atoms with Crippen LogP contribution in [0.2, 0.25) is 10.0 Å². The average molecular weight is 541 g/mol. The van der Waals surface area contributed by atoms with Crippen molar-refractivity contribution >= 4 is 45.0 Å². The molecule has 1 saturated carbocycles. The highest BCUT2D eigenvalue weighted by atomic mass is 35.5. The Kier molecular flexibility index (Phi) is 9.58. The first-order chi connectivity index (χ1) is 16.6. The molecule has 3 rings (SSSR count). The fourth-order valence-corrected chi connectivity index (χ4v) is 5.60. The molecule has 0 heterocycles. The Morgan fingerprint density at radius 2 is 1.54 bits per heavy atom. The normalized spacial score (nSPS) is 15.2. The number of likely N-dealkylation sites (N-methyl/N-ethyl adjacent to an activating group) is 1. The van der Waals surface area contributed by atoms with Gasteiger partial charge in [-0.1, -0.05) is 55.1 Å². The second-order valence-electron chi connectivity index (χ2n) is 8.78. The van der Waals surface area contributed by atoms with Crippen LogP contribution in [0.5, 0.6) is 0 Å². The second-order valence-corrected chi connectivity index (χ2v) is 11.7. The number of carbonyl (C=O) groups is 2.